The molecule has 6 rings (SSSR count). The van der Waals surface area contributed by atoms with Crippen molar-refractivity contribution in [2.75, 3.05) is 0 Å². The van der Waals surface area contributed by atoms with Crippen LogP contribution in [0.15, 0.2) is 89.6 Å². The van der Waals surface area contributed by atoms with E-state index in [9.17, 15) is 9.59 Å². The smallest absolute Gasteiger partial charge is 0.297 e. The Bertz CT molecular complexity index is 1920. The third-order valence-electron chi connectivity index (χ3n) is 6.40. The topological polar surface area (TPSA) is 90.4 Å². The van der Waals surface area contributed by atoms with E-state index in [2.05, 4.69) is 20.4 Å². The minimum absolute atomic E-state index is 0.0386. The standard InChI is InChI=1S/C30H16Cl5N5O2/c31-17-12-10-15(11-13-17)14-20-30(42)40(28(38-20)16-6-2-1-3-7-16)39-29(41)22-21(23(32)25(34)26(35)24(22)33)27-36-18-8-4-5-9-19(18)37-27/h1-14H,(H,36,37)(H,39,41)/b20-14-. The lowest BCUT2D eigenvalue weighted by Crippen LogP contribution is -2.47. The minimum atomic E-state index is -0.791. The molecule has 12 heteroatoms. The molecule has 0 radical (unpaired) electrons. The minimum Gasteiger partial charge on any atom is -0.338 e. The number of rotatable bonds is 5. The van der Waals surface area contributed by atoms with Gasteiger partial charge in [-0.15, -0.1) is 0 Å². The van der Waals surface area contributed by atoms with Crippen molar-refractivity contribution < 1.29 is 9.59 Å². The van der Waals surface area contributed by atoms with Crippen LogP contribution in [-0.4, -0.2) is 32.6 Å². The number of nitrogens with zero attached hydrogens (tertiary/aromatic N) is 3. The van der Waals surface area contributed by atoms with Gasteiger partial charge in [0.15, 0.2) is 5.84 Å². The van der Waals surface area contributed by atoms with Gasteiger partial charge in [-0.2, -0.15) is 5.01 Å². The van der Waals surface area contributed by atoms with Gasteiger partial charge in [-0.3, -0.25) is 15.0 Å². The summed E-state index contributed by atoms with van der Waals surface area (Å²) >= 11 is 32.0. The Morgan fingerprint density at radius 2 is 1.48 bits per heavy atom. The molecule has 0 fully saturated rings. The number of hydrogen-bond donors (Lipinski definition) is 2. The van der Waals surface area contributed by atoms with Crippen LogP contribution in [0.25, 0.3) is 28.5 Å². The summed E-state index contributed by atoms with van der Waals surface area (Å²) in [6.07, 6.45) is 1.59. The summed E-state index contributed by atoms with van der Waals surface area (Å²) in [5, 5.41) is 1.22. The highest BCUT2D eigenvalue weighted by Crippen LogP contribution is 2.45. The van der Waals surface area contributed by atoms with Gasteiger partial charge in [0.2, 0.25) is 0 Å². The van der Waals surface area contributed by atoms with Crippen molar-refractivity contribution in [3.8, 4) is 11.4 Å². The number of fused-ring (bicyclic) bond motifs is 1. The lowest BCUT2D eigenvalue weighted by Gasteiger charge is -2.21. The van der Waals surface area contributed by atoms with Crippen LogP contribution in [0.4, 0.5) is 0 Å². The molecule has 0 unspecified atom stereocenters. The van der Waals surface area contributed by atoms with Gasteiger partial charge in [-0.05, 0) is 35.9 Å². The molecule has 2 N–H and O–H groups in total. The number of aliphatic imine (C=N–C) groups is 1. The number of carbonyl (C=O) groups is 2. The maximum atomic E-state index is 14.0. The fourth-order valence-corrected chi connectivity index (χ4v) is 5.57. The van der Waals surface area contributed by atoms with E-state index in [1.165, 1.54) is 0 Å². The van der Waals surface area contributed by atoms with Crippen molar-refractivity contribution >= 4 is 92.8 Å². The van der Waals surface area contributed by atoms with Crippen molar-refractivity contribution in [3.05, 3.63) is 126 Å². The van der Waals surface area contributed by atoms with E-state index < -0.39 is 11.8 Å². The third-order valence-corrected chi connectivity index (χ3v) is 8.45. The summed E-state index contributed by atoms with van der Waals surface area (Å²) in [7, 11) is 0. The highest BCUT2D eigenvalue weighted by molar-refractivity contribution is 6.54. The molecule has 0 bridgehead atoms. The molecular weight excluding hydrogens is 640 g/mol. The van der Waals surface area contributed by atoms with Crippen LogP contribution in [0, 0.1) is 0 Å². The number of halogens is 5. The zero-order chi connectivity index (χ0) is 29.5. The van der Waals surface area contributed by atoms with Gasteiger partial charge in [0, 0.05) is 10.6 Å². The van der Waals surface area contributed by atoms with Gasteiger partial charge in [0.1, 0.15) is 11.5 Å². The summed E-state index contributed by atoms with van der Waals surface area (Å²) in [6, 6.07) is 23.1. The largest absolute Gasteiger partial charge is 0.338 e. The molecule has 208 valence electrons. The highest BCUT2D eigenvalue weighted by atomic mass is 35.5. The Hall–Kier alpha value is -3.85. The number of imidazole rings is 1. The van der Waals surface area contributed by atoms with Crippen LogP contribution in [0.1, 0.15) is 21.5 Å². The Morgan fingerprint density at radius 1 is 0.810 bits per heavy atom. The molecule has 0 aliphatic carbocycles. The van der Waals surface area contributed by atoms with Gasteiger partial charge in [-0.1, -0.05) is 113 Å². The molecule has 0 saturated carbocycles. The molecule has 4 aromatic carbocycles. The molecule has 1 aliphatic heterocycles. The molecule has 5 aromatic rings. The van der Waals surface area contributed by atoms with Crippen LogP contribution in [0.2, 0.25) is 25.1 Å². The predicted molar refractivity (Wildman–Crippen MR) is 168 cm³/mol. The van der Waals surface area contributed by atoms with E-state index >= 15 is 0 Å². The number of amidine groups is 1. The van der Waals surface area contributed by atoms with Crippen molar-refractivity contribution in [3.63, 3.8) is 0 Å². The molecule has 1 aromatic heterocycles. The van der Waals surface area contributed by atoms with Crippen LogP contribution >= 0.6 is 58.0 Å². The normalized spacial score (nSPS) is 14.1. The van der Waals surface area contributed by atoms with Gasteiger partial charge in [0.05, 0.1) is 42.3 Å². The zero-order valence-electron chi connectivity index (χ0n) is 21.1. The lowest BCUT2D eigenvalue weighted by molar-refractivity contribution is -0.124. The predicted octanol–water partition coefficient (Wildman–Crippen LogP) is 8.47. The third kappa shape index (κ3) is 5.15. The van der Waals surface area contributed by atoms with E-state index in [-0.39, 0.29) is 48.6 Å². The Morgan fingerprint density at radius 3 is 2.19 bits per heavy atom. The first-order valence-corrected chi connectivity index (χ1v) is 14.2. The summed E-state index contributed by atoms with van der Waals surface area (Å²) in [5.41, 5.74) is 5.32. The van der Waals surface area contributed by atoms with Gasteiger partial charge < -0.3 is 4.98 Å². The van der Waals surface area contributed by atoms with E-state index in [0.29, 0.717) is 27.2 Å². The molecule has 2 amide bonds. The Balaban J connectivity index is 1.45. The summed E-state index contributed by atoms with van der Waals surface area (Å²) in [5.74, 6) is -0.938. The number of amides is 2. The van der Waals surface area contributed by atoms with Crippen LogP contribution in [-0.2, 0) is 4.79 Å². The van der Waals surface area contributed by atoms with Gasteiger partial charge in [0.25, 0.3) is 11.8 Å². The number of aromatic amines is 1. The number of benzene rings is 4. The van der Waals surface area contributed by atoms with E-state index in [1.807, 2.05) is 24.3 Å². The Kier molecular flexibility index (Phi) is 7.70. The average molecular weight is 656 g/mol. The molecule has 1 aliphatic rings. The average Bonchev–Trinajstić information content (AvgIpc) is 3.56. The summed E-state index contributed by atoms with van der Waals surface area (Å²) in [4.78, 5) is 39.9. The molecule has 42 heavy (non-hydrogen) atoms. The number of aromatic nitrogens is 2. The summed E-state index contributed by atoms with van der Waals surface area (Å²) < 4.78 is 0. The van der Waals surface area contributed by atoms with Gasteiger partial charge >= 0.3 is 0 Å². The van der Waals surface area contributed by atoms with Crippen molar-refractivity contribution in [2.45, 2.75) is 0 Å². The summed E-state index contributed by atoms with van der Waals surface area (Å²) in [6.45, 7) is 0. The SMILES string of the molecule is O=C(NN1C(=O)/C(=C/c2ccc(Cl)cc2)N=C1c1ccccc1)c1c(Cl)c(Cl)c(Cl)c(Cl)c1-c1nc2ccccc2[nH]1. The number of hydrogen-bond acceptors (Lipinski definition) is 4. The fourth-order valence-electron chi connectivity index (χ4n) is 4.41. The number of hydrazine groups is 1. The number of nitrogens with one attached hydrogen (secondary N) is 2. The van der Waals surface area contributed by atoms with Crippen LogP contribution < -0.4 is 5.43 Å². The second-order valence-electron chi connectivity index (χ2n) is 9.07. The first kappa shape index (κ1) is 28.3. The molecule has 0 spiro atoms. The van der Waals surface area contributed by atoms with Crippen LogP contribution in [0.5, 0.6) is 0 Å². The first-order chi connectivity index (χ1) is 20.2. The number of carbonyl (C=O) groups excluding carboxylic acids is 2. The monoisotopic (exact) mass is 653 g/mol. The van der Waals surface area contributed by atoms with Crippen LogP contribution in [0.3, 0.4) is 0 Å². The lowest BCUT2D eigenvalue weighted by atomic mass is 10.1. The fraction of sp³-hybridized carbons (Fsp3) is 0. The maximum absolute atomic E-state index is 14.0. The number of para-hydroxylation sites is 2. The van der Waals surface area contributed by atoms with Crippen molar-refractivity contribution in [1.29, 1.82) is 0 Å². The quantitative estimate of drug-likeness (QED) is 0.113. The first-order valence-electron chi connectivity index (χ1n) is 12.3. The molecule has 2 heterocycles. The van der Waals surface area contributed by atoms with E-state index in [4.69, 9.17) is 58.0 Å². The molecule has 0 atom stereocenters. The van der Waals surface area contributed by atoms with Crippen molar-refractivity contribution in [1.82, 2.24) is 20.4 Å². The molecule has 7 nitrogen and oxygen atoms in total. The maximum Gasteiger partial charge on any atom is 0.297 e. The van der Waals surface area contributed by atoms with Gasteiger partial charge in [-0.25, -0.2) is 9.98 Å². The second kappa shape index (κ2) is 11.4. The zero-order valence-corrected chi connectivity index (χ0v) is 24.9. The molecule has 0 saturated heterocycles. The van der Waals surface area contributed by atoms with E-state index in [0.717, 1.165) is 5.01 Å². The van der Waals surface area contributed by atoms with E-state index in [1.54, 1.807) is 60.7 Å². The highest BCUT2D eigenvalue weighted by Gasteiger charge is 2.35. The van der Waals surface area contributed by atoms with Crippen molar-refractivity contribution in [2.24, 2.45) is 4.99 Å². The Labute approximate surface area is 264 Å². The number of H-pyrrole nitrogens is 1. The second-order valence-corrected chi connectivity index (χ2v) is 11.0. The molecular formula is C30H16Cl5N5O2.